The van der Waals surface area contributed by atoms with E-state index in [1.165, 1.54) is 11.3 Å². The number of pyridine rings is 1. The van der Waals surface area contributed by atoms with E-state index in [0.29, 0.717) is 36.2 Å². The monoisotopic (exact) mass is 377 g/mol. The van der Waals surface area contributed by atoms with Gasteiger partial charge in [0.05, 0.1) is 43.1 Å². The van der Waals surface area contributed by atoms with E-state index >= 15 is 0 Å². The number of aromatic nitrogens is 3. The Bertz CT molecular complexity index is 846. The average Bonchev–Trinajstić information content (AvgIpc) is 3.31. The van der Waals surface area contributed by atoms with Crippen molar-refractivity contribution in [2.45, 2.75) is 6.92 Å². The van der Waals surface area contributed by atoms with E-state index in [1.54, 1.807) is 32.7 Å². The van der Waals surface area contributed by atoms with Crippen LogP contribution in [0.2, 0.25) is 0 Å². The van der Waals surface area contributed by atoms with Gasteiger partial charge in [-0.05, 0) is 0 Å². The summed E-state index contributed by atoms with van der Waals surface area (Å²) >= 11 is 1.42. The highest BCUT2D eigenvalue weighted by Crippen LogP contribution is 2.37. The van der Waals surface area contributed by atoms with Crippen LogP contribution < -0.4 is 15.0 Å². The Balaban J connectivity index is 0.000000278. The first-order valence-electron chi connectivity index (χ1n) is 7.95. The molecule has 0 aliphatic carbocycles. The smallest absolute Gasteiger partial charge is 0.241 e. The molecule has 138 valence electrons. The summed E-state index contributed by atoms with van der Waals surface area (Å²) in [5.41, 5.74) is 1.67. The lowest BCUT2D eigenvalue weighted by Crippen LogP contribution is -2.36. The zero-order chi connectivity index (χ0) is 18.4. The molecule has 0 unspecified atom stereocenters. The summed E-state index contributed by atoms with van der Waals surface area (Å²) in [7, 11) is 1.56. The number of aryl methyl sites for hydroxylation is 1. The summed E-state index contributed by atoms with van der Waals surface area (Å²) in [6.07, 6.45) is 5.58. The van der Waals surface area contributed by atoms with Gasteiger partial charge in [0.25, 0.3) is 0 Å². The molecule has 10 heteroatoms. The summed E-state index contributed by atoms with van der Waals surface area (Å²) in [5.74, 6) is 1.18. The summed E-state index contributed by atoms with van der Waals surface area (Å²) in [6.45, 7) is 4.84. The van der Waals surface area contributed by atoms with Gasteiger partial charge in [0.1, 0.15) is 11.8 Å². The van der Waals surface area contributed by atoms with Crippen LogP contribution in [0.5, 0.6) is 5.88 Å². The first-order chi connectivity index (χ1) is 12.7. The number of amides is 1. The number of carbonyl (C=O) groups is 1. The lowest BCUT2D eigenvalue weighted by Gasteiger charge is -2.28. The number of fused-ring (bicyclic) bond motifs is 1. The molecular weight excluding hydrogens is 358 g/mol. The molecule has 0 saturated carbocycles. The van der Waals surface area contributed by atoms with Crippen molar-refractivity contribution in [3.05, 3.63) is 24.5 Å². The molecule has 1 aliphatic rings. The number of morpholine rings is 1. The van der Waals surface area contributed by atoms with Gasteiger partial charge >= 0.3 is 0 Å². The van der Waals surface area contributed by atoms with Crippen LogP contribution >= 0.6 is 11.3 Å². The second-order valence-electron chi connectivity index (χ2n) is 5.26. The fourth-order valence-electron chi connectivity index (χ4n) is 2.46. The third kappa shape index (κ3) is 4.09. The van der Waals surface area contributed by atoms with Gasteiger partial charge in [0.15, 0.2) is 11.0 Å². The first-order valence-corrected chi connectivity index (χ1v) is 8.77. The molecule has 1 amide bonds. The van der Waals surface area contributed by atoms with Crippen molar-refractivity contribution >= 4 is 38.8 Å². The average molecular weight is 377 g/mol. The van der Waals surface area contributed by atoms with Crippen LogP contribution in [0.25, 0.3) is 10.2 Å². The summed E-state index contributed by atoms with van der Waals surface area (Å²) in [4.78, 5) is 25.2. The molecule has 1 N–H and O–H groups in total. The fraction of sp³-hybridized carbons (Fsp3) is 0.375. The molecule has 0 atom stereocenters. The maximum absolute atomic E-state index is 10.6. The standard InChI is InChI=1S/C12H14N4O3S.C4H5NO/c1-18-11-9-10(20-12(15-9)14-7-17)8(6-13-11)16-2-4-19-5-3-16;1-4-5-2-3-6-4/h6-7H,2-5H2,1H3,(H,14,15,17);2-3H,1H3. The second kappa shape index (κ2) is 8.59. The zero-order valence-electron chi connectivity index (χ0n) is 14.5. The van der Waals surface area contributed by atoms with Crippen molar-refractivity contribution in [2.24, 2.45) is 0 Å². The van der Waals surface area contributed by atoms with E-state index in [0.717, 1.165) is 29.4 Å². The SMILES string of the molecule is COc1ncc(N2CCOCC2)c2sc(NC=O)nc12.Cc1ncco1. The van der Waals surface area contributed by atoms with Gasteiger partial charge in [-0.3, -0.25) is 4.79 Å². The van der Waals surface area contributed by atoms with Crippen LogP contribution in [0.4, 0.5) is 10.8 Å². The zero-order valence-corrected chi connectivity index (χ0v) is 15.3. The molecule has 0 spiro atoms. The Morgan fingerprint density at radius 1 is 1.35 bits per heavy atom. The third-order valence-electron chi connectivity index (χ3n) is 3.65. The molecule has 9 nitrogen and oxygen atoms in total. The molecule has 3 aromatic rings. The Labute approximate surface area is 154 Å². The van der Waals surface area contributed by atoms with Crippen LogP contribution in [0.3, 0.4) is 0 Å². The molecule has 0 aromatic carbocycles. The number of hydrogen-bond acceptors (Lipinski definition) is 9. The maximum Gasteiger partial charge on any atom is 0.241 e. The molecule has 1 saturated heterocycles. The fourth-order valence-corrected chi connectivity index (χ4v) is 3.42. The van der Waals surface area contributed by atoms with Crippen LogP contribution in [-0.2, 0) is 9.53 Å². The number of rotatable bonds is 4. The Kier molecular flexibility index (Phi) is 5.97. The van der Waals surface area contributed by atoms with E-state index in [1.807, 2.05) is 0 Å². The molecule has 1 fully saturated rings. The van der Waals surface area contributed by atoms with Crippen LogP contribution in [-0.4, -0.2) is 54.8 Å². The third-order valence-corrected chi connectivity index (χ3v) is 4.66. The van der Waals surface area contributed by atoms with E-state index in [-0.39, 0.29) is 0 Å². The minimum Gasteiger partial charge on any atom is -0.479 e. The Morgan fingerprint density at radius 3 is 2.73 bits per heavy atom. The van der Waals surface area contributed by atoms with E-state index < -0.39 is 0 Å². The summed E-state index contributed by atoms with van der Waals surface area (Å²) in [5, 5.41) is 3.12. The highest BCUT2D eigenvalue weighted by molar-refractivity contribution is 7.23. The summed E-state index contributed by atoms with van der Waals surface area (Å²) < 4.78 is 16.3. The number of anilines is 2. The van der Waals surface area contributed by atoms with Crippen LogP contribution in [0, 0.1) is 6.92 Å². The van der Waals surface area contributed by atoms with Crippen molar-refractivity contribution in [2.75, 3.05) is 43.6 Å². The Hall–Kier alpha value is -2.72. The molecular formula is C16H19N5O4S. The number of ether oxygens (including phenoxy) is 2. The van der Waals surface area contributed by atoms with Crippen molar-refractivity contribution in [3.8, 4) is 5.88 Å². The van der Waals surface area contributed by atoms with Gasteiger partial charge in [0, 0.05) is 20.0 Å². The molecule has 4 rings (SSSR count). The topological polar surface area (TPSA) is 103 Å². The predicted molar refractivity (Wildman–Crippen MR) is 97.9 cm³/mol. The minimum absolute atomic E-state index is 0.465. The van der Waals surface area contributed by atoms with Crippen molar-refractivity contribution in [1.82, 2.24) is 15.0 Å². The number of nitrogens with zero attached hydrogens (tertiary/aromatic N) is 4. The molecule has 26 heavy (non-hydrogen) atoms. The normalized spacial score (nSPS) is 13.8. The second-order valence-corrected chi connectivity index (χ2v) is 6.26. The number of carbonyl (C=O) groups excluding carboxylic acids is 1. The lowest BCUT2D eigenvalue weighted by atomic mass is 10.3. The number of nitrogens with one attached hydrogen (secondary N) is 1. The van der Waals surface area contributed by atoms with Crippen LogP contribution in [0.1, 0.15) is 5.89 Å². The highest BCUT2D eigenvalue weighted by Gasteiger charge is 2.19. The largest absolute Gasteiger partial charge is 0.479 e. The minimum atomic E-state index is 0.465. The first kappa shape index (κ1) is 18.1. The van der Waals surface area contributed by atoms with Crippen molar-refractivity contribution in [1.29, 1.82) is 0 Å². The predicted octanol–water partition coefficient (Wildman–Crippen LogP) is 2.09. The van der Waals surface area contributed by atoms with Gasteiger partial charge < -0.3 is 24.1 Å². The molecule has 0 bridgehead atoms. The molecule has 1 aliphatic heterocycles. The lowest BCUT2D eigenvalue weighted by molar-refractivity contribution is -0.105. The number of oxazole rings is 1. The summed E-state index contributed by atoms with van der Waals surface area (Å²) in [6, 6.07) is 0. The van der Waals surface area contributed by atoms with Crippen molar-refractivity contribution < 1.29 is 18.7 Å². The Morgan fingerprint density at radius 2 is 2.15 bits per heavy atom. The quantitative estimate of drug-likeness (QED) is 0.690. The maximum atomic E-state index is 10.6. The molecule has 0 radical (unpaired) electrons. The van der Waals surface area contributed by atoms with Crippen LogP contribution in [0.15, 0.2) is 23.1 Å². The molecule has 4 heterocycles. The number of thiazole rings is 1. The molecule has 3 aromatic heterocycles. The van der Waals surface area contributed by atoms with Gasteiger partial charge in [0.2, 0.25) is 12.3 Å². The van der Waals surface area contributed by atoms with E-state index in [2.05, 4.69) is 25.2 Å². The van der Waals surface area contributed by atoms with Gasteiger partial charge in [-0.2, -0.15) is 0 Å². The number of hydrogen-bond donors (Lipinski definition) is 1. The van der Waals surface area contributed by atoms with Gasteiger partial charge in [-0.25, -0.2) is 15.0 Å². The van der Waals surface area contributed by atoms with E-state index in [4.69, 9.17) is 13.9 Å². The van der Waals surface area contributed by atoms with E-state index in [9.17, 15) is 4.79 Å². The van der Waals surface area contributed by atoms with Gasteiger partial charge in [-0.15, -0.1) is 0 Å². The van der Waals surface area contributed by atoms with Gasteiger partial charge in [-0.1, -0.05) is 11.3 Å². The van der Waals surface area contributed by atoms with Crippen molar-refractivity contribution in [3.63, 3.8) is 0 Å². The number of methoxy groups -OCH3 is 1. The highest BCUT2D eigenvalue weighted by atomic mass is 32.1.